The first-order valence-electron chi connectivity index (χ1n) is 7.58. The molecule has 2 amide bonds. The summed E-state index contributed by atoms with van der Waals surface area (Å²) in [6.07, 6.45) is -5.40. The Kier molecular flexibility index (Phi) is 5.78. The first-order chi connectivity index (χ1) is 12.5. The van der Waals surface area contributed by atoms with Crippen LogP contribution in [0.2, 0.25) is 0 Å². The maximum atomic E-state index is 13.4. The van der Waals surface area contributed by atoms with E-state index in [9.17, 15) is 36.6 Å². The van der Waals surface area contributed by atoms with E-state index >= 15 is 0 Å². The summed E-state index contributed by atoms with van der Waals surface area (Å²) in [4.78, 5) is 23.9. The maximum Gasteiger partial charge on any atom is 0.437 e. The average molecular weight is 398 g/mol. The van der Waals surface area contributed by atoms with Crippen LogP contribution in [0, 0.1) is 5.92 Å². The van der Waals surface area contributed by atoms with Crippen molar-refractivity contribution in [3.05, 3.63) is 29.8 Å². The van der Waals surface area contributed by atoms with Gasteiger partial charge in [-0.05, 0) is 24.6 Å². The Hall–Kier alpha value is -2.63. The predicted molar refractivity (Wildman–Crippen MR) is 78.6 cm³/mol. The monoisotopic (exact) mass is 398 g/mol. The molecule has 1 aromatic carbocycles. The second-order valence-corrected chi connectivity index (χ2v) is 5.52. The number of rotatable bonds is 5. The Morgan fingerprint density at radius 2 is 1.89 bits per heavy atom. The van der Waals surface area contributed by atoms with Crippen LogP contribution in [0.15, 0.2) is 24.3 Å². The third-order valence-electron chi connectivity index (χ3n) is 3.81. The second-order valence-electron chi connectivity index (χ2n) is 5.52. The lowest BCUT2D eigenvalue weighted by molar-refractivity contribution is -0.294. The van der Waals surface area contributed by atoms with E-state index < -0.39 is 42.5 Å². The van der Waals surface area contributed by atoms with E-state index in [4.69, 9.17) is 0 Å². The lowest BCUT2D eigenvalue weighted by atomic mass is 9.82. The van der Waals surface area contributed by atoms with Gasteiger partial charge in [0, 0.05) is 0 Å². The lowest BCUT2D eigenvalue weighted by Crippen LogP contribution is -2.73. The van der Waals surface area contributed by atoms with Gasteiger partial charge >= 0.3 is 24.8 Å². The van der Waals surface area contributed by atoms with Gasteiger partial charge < -0.3 is 25.2 Å². The summed E-state index contributed by atoms with van der Waals surface area (Å²) in [5, 5.41) is 13.5. The SMILES string of the molecule is CCOC(=O)C1C(c2ccc(OC(F)F)cc2)NC(=O)NC1(O)C(F)(F)F. The smallest absolute Gasteiger partial charge is 0.437 e. The van der Waals surface area contributed by atoms with Crippen LogP contribution in [0.5, 0.6) is 5.75 Å². The van der Waals surface area contributed by atoms with Crippen molar-refractivity contribution in [3.63, 3.8) is 0 Å². The number of esters is 1. The van der Waals surface area contributed by atoms with Crippen molar-refractivity contribution >= 4 is 12.0 Å². The average Bonchev–Trinajstić information content (AvgIpc) is 2.53. The van der Waals surface area contributed by atoms with E-state index in [1.807, 2.05) is 0 Å². The van der Waals surface area contributed by atoms with Crippen LogP contribution in [-0.2, 0) is 9.53 Å². The minimum Gasteiger partial charge on any atom is -0.466 e. The number of amides is 2. The van der Waals surface area contributed by atoms with E-state index in [2.05, 4.69) is 14.8 Å². The van der Waals surface area contributed by atoms with E-state index in [-0.39, 0.29) is 17.9 Å². The third kappa shape index (κ3) is 4.21. The number of nitrogens with one attached hydrogen (secondary N) is 2. The minimum atomic E-state index is -5.40. The molecule has 1 heterocycles. The highest BCUT2D eigenvalue weighted by atomic mass is 19.4. The molecule has 0 radical (unpaired) electrons. The first kappa shape index (κ1) is 20.7. The molecule has 3 unspecified atom stereocenters. The number of aliphatic hydroxyl groups is 1. The highest BCUT2D eigenvalue weighted by Gasteiger charge is 2.67. The van der Waals surface area contributed by atoms with Crippen LogP contribution in [0.3, 0.4) is 0 Å². The van der Waals surface area contributed by atoms with Crippen molar-refractivity contribution in [2.24, 2.45) is 5.92 Å². The fourth-order valence-electron chi connectivity index (χ4n) is 2.67. The Morgan fingerprint density at radius 3 is 2.37 bits per heavy atom. The number of ether oxygens (including phenoxy) is 2. The molecule has 150 valence electrons. The fraction of sp³-hybridized carbons (Fsp3) is 0.467. The van der Waals surface area contributed by atoms with Crippen molar-refractivity contribution in [1.29, 1.82) is 0 Å². The number of carbonyl (C=O) groups is 2. The van der Waals surface area contributed by atoms with Gasteiger partial charge in [-0.25, -0.2) is 4.79 Å². The van der Waals surface area contributed by atoms with Crippen LogP contribution in [0.4, 0.5) is 26.7 Å². The van der Waals surface area contributed by atoms with E-state index in [1.54, 1.807) is 0 Å². The zero-order chi connectivity index (χ0) is 20.4. The van der Waals surface area contributed by atoms with E-state index in [0.29, 0.717) is 0 Å². The van der Waals surface area contributed by atoms with Gasteiger partial charge in [0.1, 0.15) is 11.7 Å². The molecule has 12 heteroatoms. The molecule has 0 aliphatic carbocycles. The van der Waals surface area contributed by atoms with Crippen LogP contribution in [0.1, 0.15) is 18.5 Å². The van der Waals surface area contributed by atoms with Crippen LogP contribution >= 0.6 is 0 Å². The van der Waals surface area contributed by atoms with Gasteiger partial charge in [-0.1, -0.05) is 12.1 Å². The second kappa shape index (κ2) is 7.55. The number of halogens is 5. The largest absolute Gasteiger partial charge is 0.466 e. The van der Waals surface area contributed by atoms with Crippen molar-refractivity contribution in [1.82, 2.24) is 10.6 Å². The summed E-state index contributed by atoms with van der Waals surface area (Å²) in [6.45, 7) is -2.03. The van der Waals surface area contributed by atoms with E-state index in [0.717, 1.165) is 24.3 Å². The molecule has 0 spiro atoms. The summed E-state index contributed by atoms with van der Waals surface area (Å²) >= 11 is 0. The van der Waals surface area contributed by atoms with Gasteiger partial charge in [-0.15, -0.1) is 0 Å². The summed E-state index contributed by atoms with van der Waals surface area (Å²) in [5.74, 6) is -3.99. The van der Waals surface area contributed by atoms with Crippen LogP contribution in [0.25, 0.3) is 0 Å². The highest BCUT2D eigenvalue weighted by molar-refractivity contribution is 5.83. The summed E-state index contributed by atoms with van der Waals surface area (Å²) in [6, 6.07) is 1.17. The summed E-state index contributed by atoms with van der Waals surface area (Å²) < 4.78 is 73.5. The van der Waals surface area contributed by atoms with Gasteiger partial charge in [0.15, 0.2) is 0 Å². The van der Waals surface area contributed by atoms with Crippen LogP contribution < -0.4 is 15.4 Å². The summed E-state index contributed by atoms with van der Waals surface area (Å²) in [5.41, 5.74) is -3.96. The Morgan fingerprint density at radius 1 is 1.30 bits per heavy atom. The molecule has 0 saturated carbocycles. The Bertz CT molecular complexity index is 697. The Labute approximate surface area is 149 Å². The number of hydrogen-bond acceptors (Lipinski definition) is 5. The van der Waals surface area contributed by atoms with Gasteiger partial charge in [-0.3, -0.25) is 4.79 Å². The zero-order valence-electron chi connectivity index (χ0n) is 13.7. The fourth-order valence-corrected chi connectivity index (χ4v) is 2.67. The number of urea groups is 1. The van der Waals surface area contributed by atoms with Gasteiger partial charge in [-0.2, -0.15) is 22.0 Å². The number of hydrogen-bond donors (Lipinski definition) is 3. The molecule has 0 aromatic heterocycles. The predicted octanol–water partition coefficient (Wildman–Crippen LogP) is 2.07. The first-order valence-corrected chi connectivity index (χ1v) is 7.58. The normalized spacial score (nSPS) is 25.6. The lowest BCUT2D eigenvalue weighted by Gasteiger charge is -2.44. The molecule has 7 nitrogen and oxygen atoms in total. The molecule has 27 heavy (non-hydrogen) atoms. The van der Waals surface area contributed by atoms with Crippen molar-refractivity contribution in [2.75, 3.05) is 6.61 Å². The molecule has 3 atom stereocenters. The molecule has 1 aliphatic rings. The standard InChI is InChI=1S/C15H15F5N2O5/c1-2-26-11(23)9-10(7-3-5-8(6-4-7)27-12(16)17)21-13(24)22-14(9,25)15(18,19)20/h3-6,9-10,12,25H,2H2,1H3,(H2,21,22,24). The zero-order valence-corrected chi connectivity index (χ0v) is 13.7. The molecule has 1 aromatic rings. The van der Waals surface area contributed by atoms with Gasteiger partial charge in [0.2, 0.25) is 0 Å². The minimum absolute atomic E-state index is 0.0628. The number of carbonyl (C=O) groups excluding carboxylic acids is 2. The quantitative estimate of drug-likeness (QED) is 0.521. The summed E-state index contributed by atoms with van der Waals surface area (Å²) in [7, 11) is 0. The number of benzene rings is 1. The molecule has 2 rings (SSSR count). The maximum absolute atomic E-state index is 13.4. The molecule has 1 saturated heterocycles. The van der Waals surface area contributed by atoms with E-state index in [1.165, 1.54) is 12.2 Å². The third-order valence-corrected chi connectivity index (χ3v) is 3.81. The molecule has 3 N–H and O–H groups in total. The topological polar surface area (TPSA) is 96.9 Å². The highest BCUT2D eigenvalue weighted by Crippen LogP contribution is 2.43. The van der Waals surface area contributed by atoms with Crippen molar-refractivity contribution < 1.29 is 46.1 Å². The molecule has 0 bridgehead atoms. The van der Waals surface area contributed by atoms with Gasteiger partial charge in [0.05, 0.1) is 12.6 Å². The van der Waals surface area contributed by atoms with Crippen molar-refractivity contribution in [3.8, 4) is 5.75 Å². The molecular weight excluding hydrogens is 383 g/mol. The molecule has 1 aliphatic heterocycles. The van der Waals surface area contributed by atoms with Gasteiger partial charge in [0.25, 0.3) is 5.72 Å². The molecular formula is C15H15F5N2O5. The Balaban J connectivity index is 2.47. The molecule has 1 fully saturated rings. The van der Waals surface area contributed by atoms with Crippen LogP contribution in [-0.4, -0.2) is 42.2 Å². The van der Waals surface area contributed by atoms with Crippen molar-refractivity contribution in [2.45, 2.75) is 31.5 Å². The number of alkyl halides is 5.